The van der Waals surface area contributed by atoms with Crippen LogP contribution >= 0.6 is 0 Å². The van der Waals surface area contributed by atoms with E-state index in [4.69, 9.17) is 0 Å². The Kier molecular flexibility index (Phi) is 4.55. The number of nitrogens with zero attached hydrogens (tertiary/aromatic N) is 2. The zero-order chi connectivity index (χ0) is 17.2. The van der Waals surface area contributed by atoms with Crippen molar-refractivity contribution in [2.24, 2.45) is 7.05 Å². The molecule has 2 aromatic heterocycles. The van der Waals surface area contributed by atoms with Crippen molar-refractivity contribution in [2.75, 3.05) is 12.4 Å². The van der Waals surface area contributed by atoms with E-state index in [1.165, 1.54) is 17.9 Å². The van der Waals surface area contributed by atoms with Crippen molar-refractivity contribution < 1.29 is 18.0 Å². The third-order valence-corrected chi connectivity index (χ3v) is 3.10. The second-order valence-corrected chi connectivity index (χ2v) is 4.79. The second-order valence-electron chi connectivity index (χ2n) is 4.79. The smallest absolute Gasteiger partial charge is 0.327 e. The number of amides is 1. The zero-order valence-corrected chi connectivity index (χ0v) is 12.2. The molecule has 1 unspecified atom stereocenters. The lowest BCUT2D eigenvalue weighted by atomic mass is 10.1. The Hall–Kier alpha value is -2.62. The minimum Gasteiger partial charge on any atom is -0.327 e. The first-order valence-electron chi connectivity index (χ1n) is 6.49. The monoisotopic (exact) mass is 329 g/mol. The van der Waals surface area contributed by atoms with Gasteiger partial charge in [-0.05, 0) is 13.1 Å². The molecular weight excluding hydrogens is 315 g/mol. The summed E-state index contributed by atoms with van der Waals surface area (Å²) in [5.41, 5.74) is -1.85. The first-order valence-corrected chi connectivity index (χ1v) is 6.49. The van der Waals surface area contributed by atoms with E-state index in [0.717, 1.165) is 0 Å². The van der Waals surface area contributed by atoms with Gasteiger partial charge < -0.3 is 15.6 Å². The molecule has 10 heteroatoms. The Bertz CT molecular complexity index is 765. The largest absolute Gasteiger partial charge is 0.417 e. The third-order valence-electron chi connectivity index (χ3n) is 3.10. The van der Waals surface area contributed by atoms with E-state index in [9.17, 15) is 22.8 Å². The molecule has 124 valence electrons. The Morgan fingerprint density at radius 1 is 1.43 bits per heavy atom. The van der Waals surface area contributed by atoms with Crippen LogP contribution in [-0.2, 0) is 18.0 Å². The molecule has 23 heavy (non-hydrogen) atoms. The summed E-state index contributed by atoms with van der Waals surface area (Å²) >= 11 is 0. The van der Waals surface area contributed by atoms with Gasteiger partial charge in [-0.15, -0.1) is 0 Å². The highest BCUT2D eigenvalue weighted by Gasteiger charge is 2.32. The van der Waals surface area contributed by atoms with Crippen LogP contribution in [0.4, 0.5) is 18.9 Å². The highest BCUT2D eigenvalue weighted by Crippen LogP contribution is 2.29. The Morgan fingerprint density at radius 2 is 2.13 bits per heavy atom. The van der Waals surface area contributed by atoms with Crippen molar-refractivity contribution in [3.63, 3.8) is 0 Å². The quantitative estimate of drug-likeness (QED) is 0.781. The molecule has 1 atom stereocenters. The molecule has 0 aliphatic rings. The predicted molar refractivity (Wildman–Crippen MR) is 75.7 cm³/mol. The van der Waals surface area contributed by atoms with Crippen LogP contribution in [-0.4, -0.2) is 27.7 Å². The van der Waals surface area contributed by atoms with E-state index in [1.54, 1.807) is 13.2 Å². The van der Waals surface area contributed by atoms with Crippen molar-refractivity contribution >= 4 is 11.6 Å². The fourth-order valence-electron chi connectivity index (χ4n) is 1.98. The molecular formula is C13H14F3N5O2. The van der Waals surface area contributed by atoms with Gasteiger partial charge in [0.25, 0.3) is 5.56 Å². The number of anilines is 1. The van der Waals surface area contributed by atoms with Crippen LogP contribution in [0, 0.1) is 0 Å². The molecule has 0 spiro atoms. The average molecular weight is 329 g/mol. The number of H-pyrrole nitrogens is 1. The molecule has 1 amide bonds. The van der Waals surface area contributed by atoms with Crippen molar-refractivity contribution in [1.82, 2.24) is 20.1 Å². The normalized spacial score (nSPS) is 12.9. The number of carbonyl (C=O) groups is 1. The fraction of sp³-hybridized carbons (Fsp3) is 0.308. The van der Waals surface area contributed by atoms with Crippen molar-refractivity contribution in [2.45, 2.75) is 12.2 Å². The minimum absolute atomic E-state index is 0.478. The van der Waals surface area contributed by atoms with Gasteiger partial charge in [0.2, 0.25) is 5.91 Å². The molecule has 0 saturated carbocycles. The third kappa shape index (κ3) is 3.77. The van der Waals surface area contributed by atoms with Gasteiger partial charge >= 0.3 is 6.18 Å². The number of likely N-dealkylation sites (N-methyl/N-ethyl adjacent to an activating group) is 1. The van der Waals surface area contributed by atoms with Gasteiger partial charge in [-0.2, -0.15) is 18.3 Å². The summed E-state index contributed by atoms with van der Waals surface area (Å²) in [4.78, 5) is 25.8. The molecule has 0 fully saturated rings. The molecule has 3 N–H and O–H groups in total. The molecule has 0 aromatic carbocycles. The van der Waals surface area contributed by atoms with Crippen LogP contribution in [0.15, 0.2) is 29.5 Å². The number of rotatable bonds is 4. The van der Waals surface area contributed by atoms with Gasteiger partial charge in [0.05, 0.1) is 11.8 Å². The maximum Gasteiger partial charge on any atom is 0.417 e. The lowest BCUT2D eigenvalue weighted by molar-refractivity contribution is -0.137. The summed E-state index contributed by atoms with van der Waals surface area (Å²) in [6.45, 7) is 0. The molecule has 0 saturated heterocycles. The number of carbonyl (C=O) groups excluding carboxylic acids is 1. The van der Waals surface area contributed by atoms with Crippen molar-refractivity contribution in [3.8, 4) is 0 Å². The van der Waals surface area contributed by atoms with Crippen LogP contribution in [0.1, 0.15) is 17.2 Å². The van der Waals surface area contributed by atoms with E-state index < -0.39 is 34.9 Å². The molecule has 0 radical (unpaired) electrons. The van der Waals surface area contributed by atoms with Gasteiger partial charge in [0.15, 0.2) is 0 Å². The molecule has 2 aromatic rings. The summed E-state index contributed by atoms with van der Waals surface area (Å²) in [6.07, 6.45) is -1.06. The molecule has 0 bridgehead atoms. The molecule has 0 aliphatic carbocycles. The zero-order valence-electron chi connectivity index (χ0n) is 12.2. The molecule has 0 aliphatic heterocycles. The molecule has 2 heterocycles. The number of alkyl halides is 3. The van der Waals surface area contributed by atoms with E-state index >= 15 is 0 Å². The summed E-state index contributed by atoms with van der Waals surface area (Å²) in [7, 11) is 3.17. The standard InChI is InChI=1S/C13H14F3N5O2/c1-17-10(7-4-19-21(2)6-7)12(23)20-9-3-8(13(14,15)16)5-18-11(9)22/h3-6,10,17H,1-2H3,(H,18,22)(H,20,23). The molecule has 2 rings (SSSR count). The van der Waals surface area contributed by atoms with Crippen LogP contribution in [0.2, 0.25) is 0 Å². The van der Waals surface area contributed by atoms with Crippen LogP contribution in [0.3, 0.4) is 0 Å². The van der Waals surface area contributed by atoms with Gasteiger partial charge in [-0.3, -0.25) is 14.3 Å². The number of aromatic amines is 1. The van der Waals surface area contributed by atoms with Gasteiger partial charge in [0, 0.05) is 25.0 Å². The number of pyridine rings is 1. The first kappa shape index (κ1) is 16.7. The topological polar surface area (TPSA) is 91.8 Å². The summed E-state index contributed by atoms with van der Waals surface area (Å²) < 4.78 is 39.5. The number of hydrogen-bond donors (Lipinski definition) is 3. The number of nitrogens with one attached hydrogen (secondary N) is 3. The van der Waals surface area contributed by atoms with E-state index in [0.29, 0.717) is 17.8 Å². The highest BCUT2D eigenvalue weighted by molar-refractivity contribution is 5.95. The Morgan fingerprint density at radius 3 is 2.65 bits per heavy atom. The number of aromatic nitrogens is 3. The summed E-state index contributed by atoms with van der Waals surface area (Å²) in [5.74, 6) is -0.676. The predicted octanol–water partition coefficient (Wildman–Crippen LogP) is 1.03. The summed E-state index contributed by atoms with van der Waals surface area (Å²) in [5, 5.41) is 8.83. The fourth-order valence-corrected chi connectivity index (χ4v) is 1.98. The van der Waals surface area contributed by atoms with Gasteiger partial charge in [-0.25, -0.2) is 0 Å². The first-order chi connectivity index (χ1) is 10.7. The lowest BCUT2D eigenvalue weighted by Gasteiger charge is -2.15. The van der Waals surface area contributed by atoms with Crippen LogP contribution in [0.25, 0.3) is 0 Å². The summed E-state index contributed by atoms with van der Waals surface area (Å²) in [6, 6.07) is -0.273. The van der Waals surface area contributed by atoms with Crippen LogP contribution < -0.4 is 16.2 Å². The van der Waals surface area contributed by atoms with E-state index in [2.05, 4.69) is 15.7 Å². The number of aryl methyl sites for hydroxylation is 1. The van der Waals surface area contributed by atoms with Gasteiger partial charge in [-0.1, -0.05) is 0 Å². The SMILES string of the molecule is CNC(C(=O)Nc1cc(C(F)(F)F)c[nH]c1=O)c1cnn(C)c1. The minimum atomic E-state index is -4.63. The second kappa shape index (κ2) is 6.24. The highest BCUT2D eigenvalue weighted by atomic mass is 19.4. The average Bonchev–Trinajstić information content (AvgIpc) is 2.87. The van der Waals surface area contributed by atoms with Crippen molar-refractivity contribution in [3.05, 3.63) is 46.1 Å². The lowest BCUT2D eigenvalue weighted by Crippen LogP contribution is -2.32. The van der Waals surface area contributed by atoms with Crippen molar-refractivity contribution in [1.29, 1.82) is 0 Å². The van der Waals surface area contributed by atoms with Gasteiger partial charge in [0.1, 0.15) is 11.7 Å². The maximum atomic E-state index is 12.7. The Balaban J connectivity index is 2.27. The number of hydrogen-bond acceptors (Lipinski definition) is 4. The van der Waals surface area contributed by atoms with E-state index in [1.807, 2.05) is 4.98 Å². The van der Waals surface area contributed by atoms with Crippen LogP contribution in [0.5, 0.6) is 0 Å². The number of halogens is 3. The van der Waals surface area contributed by atoms with E-state index in [-0.39, 0.29) is 0 Å². The molecule has 7 nitrogen and oxygen atoms in total. The maximum absolute atomic E-state index is 12.7. The Labute approximate surface area is 128 Å².